The Balaban J connectivity index is 1.97. The minimum atomic E-state index is -1.12. The molecule has 0 aliphatic carbocycles. The van der Waals surface area contributed by atoms with Crippen LogP contribution in [-0.4, -0.2) is 27.1 Å². The van der Waals surface area contributed by atoms with E-state index in [2.05, 4.69) is 36.5 Å². The summed E-state index contributed by atoms with van der Waals surface area (Å²) in [5, 5.41) is 14.2. The molecule has 0 fully saturated rings. The summed E-state index contributed by atoms with van der Waals surface area (Å²) in [7, 11) is 0. The second kappa shape index (κ2) is 5.76. The quantitative estimate of drug-likeness (QED) is 0.795. The van der Waals surface area contributed by atoms with Crippen LogP contribution in [0.15, 0.2) is 28.3 Å². The minimum absolute atomic E-state index is 0.0881. The molecule has 3 N–H and O–H groups in total. The second-order valence-corrected chi connectivity index (χ2v) is 5.70. The number of aromatic nitrogens is 2. The number of thiazole rings is 1. The molecule has 0 radical (unpaired) electrons. The van der Waals surface area contributed by atoms with Crippen molar-refractivity contribution in [2.24, 2.45) is 0 Å². The molecule has 9 heteroatoms. The monoisotopic (exact) mass is 342 g/mol. The molecule has 7 nitrogen and oxygen atoms in total. The molecule has 19 heavy (non-hydrogen) atoms. The molecule has 2 rings (SSSR count). The first kappa shape index (κ1) is 13.4. The molecule has 0 saturated carbocycles. The average molecular weight is 343 g/mol. The number of hydrogen-bond acceptors (Lipinski definition) is 5. The molecule has 0 aromatic carbocycles. The van der Waals surface area contributed by atoms with E-state index in [0.717, 1.165) is 3.79 Å². The lowest BCUT2D eigenvalue weighted by molar-refractivity contribution is 0.0690. The van der Waals surface area contributed by atoms with E-state index in [0.29, 0.717) is 10.8 Å². The maximum Gasteiger partial charge on any atom is 0.354 e. The number of nitrogens with zero attached hydrogens (tertiary/aromatic N) is 2. The summed E-state index contributed by atoms with van der Waals surface area (Å²) in [5.41, 5.74) is 0.299. The normalized spacial score (nSPS) is 9.95. The Labute approximate surface area is 119 Å². The zero-order valence-electron chi connectivity index (χ0n) is 9.25. The van der Waals surface area contributed by atoms with Gasteiger partial charge in [-0.1, -0.05) is 11.3 Å². The summed E-state index contributed by atoms with van der Waals surface area (Å²) in [6.07, 6.45) is 2.84. The van der Waals surface area contributed by atoms with E-state index in [1.807, 2.05) is 0 Å². The highest BCUT2D eigenvalue weighted by molar-refractivity contribution is 9.11. The first-order valence-electron chi connectivity index (χ1n) is 4.93. The fourth-order valence-corrected chi connectivity index (χ4v) is 2.27. The fourth-order valence-electron chi connectivity index (χ4n) is 1.17. The molecule has 0 unspecified atom stereocenters. The fraction of sp³-hybridized carbons (Fsp3) is 0. The Morgan fingerprint density at radius 3 is 2.53 bits per heavy atom. The van der Waals surface area contributed by atoms with Gasteiger partial charge in [0, 0.05) is 0 Å². The zero-order chi connectivity index (χ0) is 13.8. The maximum atomic E-state index is 11.6. The molecular formula is C10H7BrN4O3S. The maximum absolute atomic E-state index is 11.6. The van der Waals surface area contributed by atoms with Crippen LogP contribution in [0.3, 0.4) is 0 Å². The molecule has 0 aliphatic heterocycles. The number of pyridine rings is 1. The third kappa shape index (κ3) is 3.73. The van der Waals surface area contributed by atoms with Crippen molar-refractivity contribution in [1.82, 2.24) is 9.97 Å². The zero-order valence-corrected chi connectivity index (χ0v) is 11.7. The summed E-state index contributed by atoms with van der Waals surface area (Å²) < 4.78 is 0.801. The molecule has 2 heterocycles. The minimum Gasteiger partial charge on any atom is -0.477 e. The van der Waals surface area contributed by atoms with Gasteiger partial charge >= 0.3 is 12.0 Å². The Hall–Kier alpha value is -2.00. The third-order valence-corrected chi connectivity index (χ3v) is 3.33. The van der Waals surface area contributed by atoms with Crippen LogP contribution < -0.4 is 10.6 Å². The molecule has 2 aromatic rings. The van der Waals surface area contributed by atoms with Gasteiger partial charge in [-0.25, -0.2) is 19.6 Å². The van der Waals surface area contributed by atoms with Crippen LogP contribution in [0.4, 0.5) is 15.6 Å². The van der Waals surface area contributed by atoms with E-state index in [4.69, 9.17) is 5.11 Å². The van der Waals surface area contributed by atoms with Crippen molar-refractivity contribution < 1.29 is 14.7 Å². The highest BCUT2D eigenvalue weighted by Gasteiger charge is 2.07. The number of urea groups is 1. The lowest BCUT2D eigenvalue weighted by atomic mass is 10.3. The van der Waals surface area contributed by atoms with Gasteiger partial charge in [0.25, 0.3) is 0 Å². The molecule has 2 aromatic heterocycles. The van der Waals surface area contributed by atoms with Crippen LogP contribution in [0.1, 0.15) is 10.5 Å². The molecule has 2 amide bonds. The van der Waals surface area contributed by atoms with Crippen LogP contribution in [0.5, 0.6) is 0 Å². The van der Waals surface area contributed by atoms with Crippen molar-refractivity contribution in [2.45, 2.75) is 0 Å². The van der Waals surface area contributed by atoms with Crippen LogP contribution >= 0.6 is 27.3 Å². The summed E-state index contributed by atoms with van der Waals surface area (Å²) in [6, 6.07) is 2.28. The SMILES string of the molecule is O=C(Nc1ccc(C(=O)O)nc1)Nc1ncc(Br)s1. The Bertz CT molecular complexity index is 613. The number of halogens is 1. The molecule has 0 atom stereocenters. The van der Waals surface area contributed by atoms with Gasteiger partial charge in [-0.2, -0.15) is 0 Å². The van der Waals surface area contributed by atoms with Gasteiger partial charge < -0.3 is 10.4 Å². The number of anilines is 2. The van der Waals surface area contributed by atoms with Gasteiger partial charge in [-0.05, 0) is 28.1 Å². The van der Waals surface area contributed by atoms with E-state index >= 15 is 0 Å². The summed E-state index contributed by atoms with van der Waals surface area (Å²) in [5.74, 6) is -1.12. The number of carbonyl (C=O) groups excluding carboxylic acids is 1. The van der Waals surface area contributed by atoms with Gasteiger partial charge in [0.2, 0.25) is 0 Å². The smallest absolute Gasteiger partial charge is 0.354 e. The highest BCUT2D eigenvalue weighted by Crippen LogP contribution is 2.23. The van der Waals surface area contributed by atoms with Crippen LogP contribution in [0, 0.1) is 0 Å². The Morgan fingerprint density at radius 1 is 1.21 bits per heavy atom. The Morgan fingerprint density at radius 2 is 2.00 bits per heavy atom. The second-order valence-electron chi connectivity index (χ2n) is 3.29. The lowest BCUT2D eigenvalue weighted by Crippen LogP contribution is -2.19. The lowest BCUT2D eigenvalue weighted by Gasteiger charge is -2.04. The first-order valence-corrected chi connectivity index (χ1v) is 6.54. The van der Waals surface area contributed by atoms with Crippen molar-refractivity contribution in [3.05, 3.63) is 34.0 Å². The predicted molar refractivity (Wildman–Crippen MR) is 73.7 cm³/mol. The van der Waals surface area contributed by atoms with Crippen molar-refractivity contribution >= 4 is 50.1 Å². The average Bonchev–Trinajstić information content (AvgIpc) is 2.75. The third-order valence-electron chi connectivity index (χ3n) is 1.94. The van der Waals surface area contributed by atoms with Crippen LogP contribution in [0.25, 0.3) is 0 Å². The topological polar surface area (TPSA) is 104 Å². The number of nitrogens with one attached hydrogen (secondary N) is 2. The van der Waals surface area contributed by atoms with Crippen molar-refractivity contribution in [3.63, 3.8) is 0 Å². The molecule has 0 spiro atoms. The van der Waals surface area contributed by atoms with Gasteiger partial charge in [0.15, 0.2) is 5.13 Å². The summed E-state index contributed by atoms with van der Waals surface area (Å²) >= 11 is 4.50. The Kier molecular flexibility index (Phi) is 4.07. The van der Waals surface area contributed by atoms with Crippen molar-refractivity contribution in [2.75, 3.05) is 10.6 Å². The largest absolute Gasteiger partial charge is 0.477 e. The van der Waals surface area contributed by atoms with Gasteiger partial charge in [-0.15, -0.1) is 0 Å². The number of rotatable bonds is 3. The van der Waals surface area contributed by atoms with Gasteiger partial charge in [0.1, 0.15) is 5.69 Å². The van der Waals surface area contributed by atoms with Crippen LogP contribution in [-0.2, 0) is 0 Å². The number of hydrogen-bond donors (Lipinski definition) is 3. The van der Waals surface area contributed by atoms with Crippen LogP contribution in [0.2, 0.25) is 0 Å². The molecule has 0 saturated heterocycles. The van der Waals surface area contributed by atoms with Crippen molar-refractivity contribution in [3.8, 4) is 0 Å². The van der Waals surface area contributed by atoms with Crippen molar-refractivity contribution in [1.29, 1.82) is 0 Å². The van der Waals surface area contributed by atoms with Gasteiger partial charge in [-0.3, -0.25) is 5.32 Å². The number of carboxylic acids is 1. The van der Waals surface area contributed by atoms with E-state index in [1.165, 1.54) is 29.7 Å². The molecule has 0 bridgehead atoms. The van der Waals surface area contributed by atoms with E-state index in [9.17, 15) is 9.59 Å². The van der Waals surface area contributed by atoms with E-state index < -0.39 is 12.0 Å². The number of carbonyl (C=O) groups is 2. The van der Waals surface area contributed by atoms with Gasteiger partial charge in [0.05, 0.1) is 21.9 Å². The molecule has 98 valence electrons. The predicted octanol–water partition coefficient (Wildman–Crippen LogP) is 2.64. The number of aromatic carboxylic acids is 1. The summed E-state index contributed by atoms with van der Waals surface area (Å²) in [6.45, 7) is 0. The highest BCUT2D eigenvalue weighted by atomic mass is 79.9. The molecule has 0 aliphatic rings. The summed E-state index contributed by atoms with van der Waals surface area (Å²) in [4.78, 5) is 29.8. The number of amides is 2. The standard InChI is InChI=1S/C10H7BrN4O3S/c11-7-4-13-10(19-7)15-9(18)14-5-1-2-6(8(16)17)12-3-5/h1-4H,(H,16,17)(H2,13,14,15,18). The molecular weight excluding hydrogens is 336 g/mol. The number of carboxylic acid groups (broad SMARTS) is 1. The first-order chi connectivity index (χ1) is 9.04. The van der Waals surface area contributed by atoms with E-state index in [-0.39, 0.29) is 5.69 Å². The van der Waals surface area contributed by atoms with E-state index in [1.54, 1.807) is 6.20 Å².